The van der Waals surface area contributed by atoms with E-state index in [0.717, 1.165) is 18.4 Å². The number of aromatic nitrogens is 1. The van der Waals surface area contributed by atoms with Crippen molar-refractivity contribution in [1.82, 2.24) is 4.98 Å². The van der Waals surface area contributed by atoms with Crippen molar-refractivity contribution in [3.63, 3.8) is 0 Å². The molecule has 1 aliphatic rings. The predicted molar refractivity (Wildman–Crippen MR) is 120 cm³/mol. The van der Waals surface area contributed by atoms with E-state index >= 15 is 0 Å². The molecule has 0 aliphatic carbocycles. The van der Waals surface area contributed by atoms with E-state index in [4.69, 9.17) is 0 Å². The Morgan fingerprint density at radius 2 is 1.17 bits per heavy atom. The molecule has 142 valence electrons. The number of hydrogen-bond donors (Lipinski definition) is 0. The van der Waals surface area contributed by atoms with Gasteiger partial charge in [-0.25, -0.2) is 0 Å². The Bertz CT molecular complexity index is 996. The molecule has 0 bridgehead atoms. The highest BCUT2D eigenvalue weighted by Gasteiger charge is 2.35. The number of pyridine rings is 1. The zero-order chi connectivity index (χ0) is 19.5. The second-order valence-electron chi connectivity index (χ2n) is 7.63. The topological polar surface area (TPSA) is 16.1 Å². The monoisotopic (exact) mass is 376 g/mol. The number of anilines is 1. The van der Waals surface area contributed by atoms with Crippen LogP contribution in [0.2, 0.25) is 0 Å². The largest absolute Gasteiger partial charge is 0.357 e. The van der Waals surface area contributed by atoms with Gasteiger partial charge in [-0.1, -0.05) is 78.9 Å². The van der Waals surface area contributed by atoms with Gasteiger partial charge in [0.1, 0.15) is 0 Å². The molecule has 0 unspecified atom stereocenters. The quantitative estimate of drug-likeness (QED) is 0.388. The smallest absolute Gasteiger partial charge is 0.0549 e. The van der Waals surface area contributed by atoms with Crippen LogP contribution in [0.5, 0.6) is 0 Å². The van der Waals surface area contributed by atoms with Crippen LogP contribution in [0.4, 0.5) is 5.69 Å². The highest BCUT2D eigenvalue weighted by atomic mass is 15.2. The van der Waals surface area contributed by atoms with Crippen LogP contribution in [-0.2, 0) is 0 Å². The first kappa shape index (κ1) is 17.7. The normalized spacial score (nSPS) is 18.7. The van der Waals surface area contributed by atoms with Crippen LogP contribution in [0.1, 0.15) is 36.1 Å². The lowest BCUT2D eigenvalue weighted by molar-refractivity contribution is 0.674. The molecular weight excluding hydrogens is 352 g/mol. The van der Waals surface area contributed by atoms with Gasteiger partial charge in [-0.15, -0.1) is 0 Å². The third-order valence-corrected chi connectivity index (χ3v) is 5.91. The minimum Gasteiger partial charge on any atom is -0.357 e. The minimum atomic E-state index is 0.394. The fourth-order valence-electron chi connectivity index (χ4n) is 4.54. The maximum absolute atomic E-state index is 4.25. The van der Waals surface area contributed by atoms with E-state index in [1.165, 1.54) is 22.4 Å². The van der Waals surface area contributed by atoms with Gasteiger partial charge in [0.15, 0.2) is 0 Å². The van der Waals surface area contributed by atoms with Crippen molar-refractivity contribution in [3.8, 4) is 11.1 Å². The Morgan fingerprint density at radius 1 is 0.586 bits per heavy atom. The molecule has 29 heavy (non-hydrogen) atoms. The van der Waals surface area contributed by atoms with Gasteiger partial charge in [0.25, 0.3) is 0 Å². The minimum absolute atomic E-state index is 0.394. The van der Waals surface area contributed by atoms with Crippen LogP contribution in [0.25, 0.3) is 11.1 Å². The Kier molecular flexibility index (Phi) is 4.83. The summed E-state index contributed by atoms with van der Waals surface area (Å²) in [5.74, 6) is 0. The molecule has 0 spiro atoms. The van der Waals surface area contributed by atoms with E-state index in [9.17, 15) is 0 Å². The fraction of sp³-hybridized carbons (Fsp3) is 0.148. The molecule has 1 aliphatic heterocycles. The van der Waals surface area contributed by atoms with Crippen molar-refractivity contribution in [1.29, 1.82) is 0 Å². The molecule has 0 amide bonds. The third kappa shape index (κ3) is 3.54. The Hall–Kier alpha value is -3.39. The van der Waals surface area contributed by atoms with Gasteiger partial charge in [0.05, 0.1) is 12.1 Å². The number of nitrogens with zero attached hydrogens (tertiary/aromatic N) is 2. The molecule has 4 aromatic rings. The maximum atomic E-state index is 4.25. The molecule has 2 atom stereocenters. The Morgan fingerprint density at radius 3 is 1.69 bits per heavy atom. The summed E-state index contributed by atoms with van der Waals surface area (Å²) in [4.78, 5) is 6.86. The molecule has 2 nitrogen and oxygen atoms in total. The average molecular weight is 377 g/mol. The first-order chi connectivity index (χ1) is 14.4. The highest BCUT2D eigenvalue weighted by Crippen LogP contribution is 2.47. The summed E-state index contributed by atoms with van der Waals surface area (Å²) >= 11 is 0. The zero-order valence-corrected chi connectivity index (χ0v) is 16.4. The van der Waals surface area contributed by atoms with E-state index in [1.54, 1.807) is 0 Å². The molecule has 3 aromatic carbocycles. The number of rotatable bonds is 4. The van der Waals surface area contributed by atoms with Crippen molar-refractivity contribution >= 4 is 5.69 Å². The van der Waals surface area contributed by atoms with Crippen molar-refractivity contribution in [2.24, 2.45) is 0 Å². The van der Waals surface area contributed by atoms with Crippen LogP contribution in [0, 0.1) is 0 Å². The maximum Gasteiger partial charge on any atom is 0.0549 e. The molecule has 0 radical (unpaired) electrons. The van der Waals surface area contributed by atoms with Gasteiger partial charge >= 0.3 is 0 Å². The molecule has 1 aromatic heterocycles. The van der Waals surface area contributed by atoms with Gasteiger partial charge in [-0.05, 0) is 53.3 Å². The summed E-state index contributed by atoms with van der Waals surface area (Å²) in [6, 6.07) is 35.7. The Labute approximate surface area is 172 Å². The fourth-order valence-corrected chi connectivity index (χ4v) is 4.54. The molecule has 1 saturated heterocycles. The summed E-state index contributed by atoms with van der Waals surface area (Å²) in [6.45, 7) is 0. The second-order valence-corrected chi connectivity index (χ2v) is 7.63. The van der Waals surface area contributed by atoms with Gasteiger partial charge < -0.3 is 4.90 Å². The molecule has 5 rings (SSSR count). The van der Waals surface area contributed by atoms with Crippen molar-refractivity contribution in [2.75, 3.05) is 4.90 Å². The lowest BCUT2D eigenvalue weighted by atomic mass is 10.0. The standard InChI is InChI=1S/C27H24N2/c1-3-8-22(9-4-1)26-17-18-27(23-10-5-2-6-11-23)29(26)25-15-13-21(14-16-25)24-12-7-19-28-20-24/h1-16,19-20,26-27H,17-18H2/t26-,27-/m0/s1. The first-order valence-corrected chi connectivity index (χ1v) is 10.3. The van der Waals surface area contributed by atoms with Crippen LogP contribution in [-0.4, -0.2) is 4.98 Å². The lowest BCUT2D eigenvalue weighted by Gasteiger charge is -2.33. The molecule has 2 heterocycles. The molecule has 0 saturated carbocycles. The summed E-state index contributed by atoms with van der Waals surface area (Å²) in [5.41, 5.74) is 6.41. The van der Waals surface area contributed by atoms with Gasteiger partial charge in [0.2, 0.25) is 0 Å². The van der Waals surface area contributed by atoms with Gasteiger partial charge in [-0.2, -0.15) is 0 Å². The second kappa shape index (κ2) is 7.92. The predicted octanol–water partition coefficient (Wildman–Crippen LogP) is 6.83. The van der Waals surface area contributed by atoms with E-state index in [-0.39, 0.29) is 0 Å². The Balaban J connectivity index is 1.53. The van der Waals surface area contributed by atoms with Crippen LogP contribution in [0.15, 0.2) is 109 Å². The molecule has 2 heteroatoms. The lowest BCUT2D eigenvalue weighted by Crippen LogP contribution is -2.26. The van der Waals surface area contributed by atoms with Gasteiger partial charge in [0, 0.05) is 18.1 Å². The van der Waals surface area contributed by atoms with E-state index in [2.05, 4.69) is 101 Å². The van der Waals surface area contributed by atoms with Crippen molar-refractivity contribution in [3.05, 3.63) is 121 Å². The molecular formula is C27H24N2. The summed E-state index contributed by atoms with van der Waals surface area (Å²) in [6.07, 6.45) is 6.06. The summed E-state index contributed by atoms with van der Waals surface area (Å²) in [5, 5.41) is 0. The number of benzene rings is 3. The zero-order valence-electron chi connectivity index (χ0n) is 16.4. The highest BCUT2D eigenvalue weighted by molar-refractivity contribution is 5.66. The first-order valence-electron chi connectivity index (χ1n) is 10.3. The van der Waals surface area contributed by atoms with Crippen LogP contribution < -0.4 is 4.90 Å². The van der Waals surface area contributed by atoms with E-state index < -0.39 is 0 Å². The van der Waals surface area contributed by atoms with Gasteiger partial charge in [-0.3, -0.25) is 4.98 Å². The van der Waals surface area contributed by atoms with Crippen LogP contribution >= 0.6 is 0 Å². The average Bonchev–Trinajstić information content (AvgIpc) is 3.26. The van der Waals surface area contributed by atoms with Crippen molar-refractivity contribution < 1.29 is 0 Å². The number of hydrogen-bond acceptors (Lipinski definition) is 2. The molecule has 0 N–H and O–H groups in total. The third-order valence-electron chi connectivity index (χ3n) is 5.91. The van der Waals surface area contributed by atoms with Crippen molar-refractivity contribution in [2.45, 2.75) is 24.9 Å². The van der Waals surface area contributed by atoms with Crippen LogP contribution in [0.3, 0.4) is 0 Å². The summed E-state index contributed by atoms with van der Waals surface area (Å²) < 4.78 is 0. The van der Waals surface area contributed by atoms with E-state index in [1.807, 2.05) is 18.5 Å². The summed E-state index contributed by atoms with van der Waals surface area (Å²) in [7, 11) is 0. The SMILES string of the molecule is c1ccc([C@@H]2CC[C@@H](c3ccccc3)N2c2ccc(-c3cccnc3)cc2)cc1. The van der Waals surface area contributed by atoms with E-state index in [0.29, 0.717) is 12.1 Å². The molecule has 1 fully saturated rings.